The van der Waals surface area contributed by atoms with Crippen LogP contribution in [0.3, 0.4) is 0 Å². The summed E-state index contributed by atoms with van der Waals surface area (Å²) in [4.78, 5) is 6.69. The molecule has 0 amide bonds. The van der Waals surface area contributed by atoms with Gasteiger partial charge in [0.05, 0.1) is 0 Å². The molecule has 1 aliphatic heterocycles. The summed E-state index contributed by atoms with van der Waals surface area (Å²) in [6.45, 7) is 3.78. The minimum absolute atomic E-state index is 0.406. The maximum atomic E-state index is 6.09. The van der Waals surface area contributed by atoms with Gasteiger partial charge in [-0.2, -0.15) is 0 Å². The van der Waals surface area contributed by atoms with Crippen molar-refractivity contribution < 1.29 is 4.74 Å². The third kappa shape index (κ3) is 6.21. The Kier molecular flexibility index (Phi) is 8.19. The van der Waals surface area contributed by atoms with Gasteiger partial charge in [0.15, 0.2) is 5.96 Å². The largest absolute Gasteiger partial charge is 0.385 e. The van der Waals surface area contributed by atoms with Gasteiger partial charge in [0.2, 0.25) is 0 Å². The number of unbranched alkanes of at least 4 members (excludes halogenated alkanes) is 2. The van der Waals surface area contributed by atoms with Crippen molar-refractivity contribution >= 4 is 23.2 Å². The van der Waals surface area contributed by atoms with E-state index in [1.807, 2.05) is 25.2 Å². The highest BCUT2D eigenvalue weighted by molar-refractivity contribution is 6.30. The second-order valence-electron chi connectivity index (χ2n) is 6.11. The lowest BCUT2D eigenvalue weighted by molar-refractivity contribution is 0.192. The standard InChI is InChI=1S/C18H29ClN4O/c1-20-18(21-10-4-3-5-12-24-2)22-16-9-11-23(14-16)17-8-6-7-15(19)13-17/h6-8,13,16H,3-5,9-12,14H2,1-2H3,(H2,20,21,22). The number of rotatable bonds is 8. The molecule has 1 saturated heterocycles. The molecule has 1 aromatic carbocycles. The first-order valence-electron chi connectivity index (χ1n) is 8.69. The van der Waals surface area contributed by atoms with E-state index in [0.29, 0.717) is 6.04 Å². The summed E-state index contributed by atoms with van der Waals surface area (Å²) in [5.74, 6) is 0.889. The van der Waals surface area contributed by atoms with Crippen molar-refractivity contribution in [2.75, 3.05) is 45.3 Å². The minimum atomic E-state index is 0.406. The van der Waals surface area contributed by atoms with Crippen LogP contribution in [0.5, 0.6) is 0 Å². The number of guanidine groups is 1. The summed E-state index contributed by atoms with van der Waals surface area (Å²) in [5, 5.41) is 7.70. The molecular formula is C18H29ClN4O. The third-order valence-corrected chi connectivity index (χ3v) is 4.48. The van der Waals surface area contributed by atoms with Crippen molar-refractivity contribution in [3.8, 4) is 0 Å². The molecule has 0 radical (unpaired) electrons. The molecule has 0 saturated carbocycles. The number of methoxy groups -OCH3 is 1. The van der Waals surface area contributed by atoms with Crippen molar-refractivity contribution in [2.45, 2.75) is 31.7 Å². The number of anilines is 1. The van der Waals surface area contributed by atoms with E-state index in [0.717, 1.165) is 56.5 Å². The summed E-state index contributed by atoms with van der Waals surface area (Å²) >= 11 is 6.09. The van der Waals surface area contributed by atoms with Crippen molar-refractivity contribution in [1.29, 1.82) is 0 Å². The van der Waals surface area contributed by atoms with Crippen LogP contribution in [0.25, 0.3) is 0 Å². The van der Waals surface area contributed by atoms with Crippen LogP contribution >= 0.6 is 11.6 Å². The highest BCUT2D eigenvalue weighted by Gasteiger charge is 2.23. The zero-order chi connectivity index (χ0) is 17.2. The van der Waals surface area contributed by atoms with Gasteiger partial charge in [0.1, 0.15) is 0 Å². The Labute approximate surface area is 150 Å². The van der Waals surface area contributed by atoms with Crippen LogP contribution in [0.2, 0.25) is 5.02 Å². The fourth-order valence-corrected chi connectivity index (χ4v) is 3.11. The fraction of sp³-hybridized carbons (Fsp3) is 0.611. The van der Waals surface area contributed by atoms with Crippen molar-refractivity contribution in [1.82, 2.24) is 10.6 Å². The molecule has 0 bridgehead atoms. The van der Waals surface area contributed by atoms with Crippen LogP contribution in [0.1, 0.15) is 25.7 Å². The molecular weight excluding hydrogens is 324 g/mol. The number of nitrogens with one attached hydrogen (secondary N) is 2. The Morgan fingerprint density at radius 3 is 3.00 bits per heavy atom. The van der Waals surface area contributed by atoms with Gasteiger partial charge >= 0.3 is 0 Å². The highest BCUT2D eigenvalue weighted by atomic mass is 35.5. The second kappa shape index (κ2) is 10.4. The predicted octanol–water partition coefficient (Wildman–Crippen LogP) is 2.90. The zero-order valence-electron chi connectivity index (χ0n) is 14.7. The number of benzene rings is 1. The SMILES string of the molecule is CN=C(NCCCCCOC)NC1CCN(c2cccc(Cl)c2)C1. The van der Waals surface area contributed by atoms with Crippen LogP contribution in [0.15, 0.2) is 29.3 Å². The molecule has 5 nitrogen and oxygen atoms in total. The zero-order valence-corrected chi connectivity index (χ0v) is 15.5. The van der Waals surface area contributed by atoms with Gasteiger partial charge in [0, 0.05) is 57.2 Å². The van der Waals surface area contributed by atoms with Crippen LogP contribution < -0.4 is 15.5 Å². The van der Waals surface area contributed by atoms with E-state index in [1.165, 1.54) is 12.1 Å². The van der Waals surface area contributed by atoms with E-state index in [2.05, 4.69) is 26.6 Å². The molecule has 6 heteroatoms. The van der Waals surface area contributed by atoms with Gasteiger partial charge in [0.25, 0.3) is 0 Å². The average Bonchev–Trinajstić information content (AvgIpc) is 3.05. The number of nitrogens with zero attached hydrogens (tertiary/aromatic N) is 2. The number of aliphatic imine (C=N–C) groups is 1. The Balaban J connectivity index is 1.71. The summed E-state index contributed by atoms with van der Waals surface area (Å²) in [6.07, 6.45) is 4.51. The molecule has 1 heterocycles. The van der Waals surface area contributed by atoms with Gasteiger partial charge in [-0.05, 0) is 43.9 Å². The van der Waals surface area contributed by atoms with Crippen LogP contribution in [-0.4, -0.2) is 52.4 Å². The summed E-state index contributed by atoms with van der Waals surface area (Å²) in [6, 6.07) is 8.46. The lowest BCUT2D eigenvalue weighted by Crippen LogP contribution is -2.44. The molecule has 0 aliphatic carbocycles. The normalized spacial score (nSPS) is 18.0. The molecule has 2 rings (SSSR count). The average molecular weight is 353 g/mol. The second-order valence-corrected chi connectivity index (χ2v) is 6.54. The molecule has 1 aliphatic rings. The van der Waals surface area contributed by atoms with Gasteiger partial charge in [-0.1, -0.05) is 17.7 Å². The smallest absolute Gasteiger partial charge is 0.191 e. The molecule has 24 heavy (non-hydrogen) atoms. The highest BCUT2D eigenvalue weighted by Crippen LogP contribution is 2.23. The van der Waals surface area contributed by atoms with Crippen LogP contribution in [-0.2, 0) is 4.74 Å². The Bertz CT molecular complexity index is 523. The fourth-order valence-electron chi connectivity index (χ4n) is 2.93. The van der Waals surface area contributed by atoms with E-state index >= 15 is 0 Å². The molecule has 134 valence electrons. The minimum Gasteiger partial charge on any atom is -0.385 e. The third-order valence-electron chi connectivity index (χ3n) is 4.24. The van der Waals surface area contributed by atoms with E-state index in [1.54, 1.807) is 7.11 Å². The molecule has 2 N–H and O–H groups in total. The summed E-state index contributed by atoms with van der Waals surface area (Å²) in [5.41, 5.74) is 1.19. The van der Waals surface area contributed by atoms with Gasteiger partial charge in [-0.3, -0.25) is 4.99 Å². The number of hydrogen-bond acceptors (Lipinski definition) is 3. The molecule has 0 aromatic heterocycles. The maximum absolute atomic E-state index is 6.09. The number of halogens is 1. The van der Waals surface area contributed by atoms with Crippen molar-refractivity contribution in [3.63, 3.8) is 0 Å². The van der Waals surface area contributed by atoms with E-state index < -0.39 is 0 Å². The van der Waals surface area contributed by atoms with Crippen LogP contribution in [0, 0.1) is 0 Å². The first-order chi connectivity index (χ1) is 11.7. The van der Waals surface area contributed by atoms with Gasteiger partial charge in [-0.15, -0.1) is 0 Å². The monoisotopic (exact) mass is 352 g/mol. The van der Waals surface area contributed by atoms with E-state index in [9.17, 15) is 0 Å². The Morgan fingerprint density at radius 1 is 1.38 bits per heavy atom. The molecule has 1 fully saturated rings. The summed E-state index contributed by atoms with van der Waals surface area (Å²) in [7, 11) is 3.57. The lowest BCUT2D eigenvalue weighted by atomic mass is 10.2. The first-order valence-corrected chi connectivity index (χ1v) is 9.07. The maximum Gasteiger partial charge on any atom is 0.191 e. The van der Waals surface area contributed by atoms with Crippen LogP contribution in [0.4, 0.5) is 5.69 Å². The number of ether oxygens (including phenoxy) is 1. The molecule has 1 atom stereocenters. The molecule has 1 unspecified atom stereocenters. The van der Waals surface area contributed by atoms with Crippen molar-refractivity contribution in [2.24, 2.45) is 4.99 Å². The summed E-state index contributed by atoms with van der Waals surface area (Å²) < 4.78 is 5.06. The predicted molar refractivity (Wildman–Crippen MR) is 102 cm³/mol. The van der Waals surface area contributed by atoms with Gasteiger partial charge < -0.3 is 20.3 Å². The Morgan fingerprint density at radius 2 is 2.25 bits per heavy atom. The topological polar surface area (TPSA) is 48.9 Å². The van der Waals surface area contributed by atoms with Crippen molar-refractivity contribution in [3.05, 3.63) is 29.3 Å². The lowest BCUT2D eigenvalue weighted by Gasteiger charge is -2.20. The number of hydrogen-bond donors (Lipinski definition) is 2. The Hall–Kier alpha value is -1.46. The first kappa shape index (κ1) is 18.9. The molecule has 0 spiro atoms. The van der Waals surface area contributed by atoms with E-state index in [-0.39, 0.29) is 0 Å². The van der Waals surface area contributed by atoms with E-state index in [4.69, 9.17) is 16.3 Å². The quantitative estimate of drug-likeness (QED) is 0.429. The molecule has 1 aromatic rings. The van der Waals surface area contributed by atoms with Gasteiger partial charge in [-0.25, -0.2) is 0 Å².